The molecule has 0 unspecified atom stereocenters. The molecule has 0 atom stereocenters. The van der Waals surface area contributed by atoms with Crippen molar-refractivity contribution < 1.29 is 9.57 Å². The van der Waals surface area contributed by atoms with Crippen LogP contribution in [-0.4, -0.2) is 19.0 Å². The van der Waals surface area contributed by atoms with Gasteiger partial charge in [0.25, 0.3) is 0 Å². The van der Waals surface area contributed by atoms with Crippen molar-refractivity contribution in [2.24, 2.45) is 10.9 Å². The van der Waals surface area contributed by atoms with E-state index in [1.165, 1.54) is 0 Å². The van der Waals surface area contributed by atoms with E-state index in [0.29, 0.717) is 5.84 Å². The van der Waals surface area contributed by atoms with Crippen LogP contribution in [0.25, 0.3) is 0 Å². The van der Waals surface area contributed by atoms with E-state index in [-0.39, 0.29) is 6.10 Å². The third kappa shape index (κ3) is 3.50. The average Bonchev–Trinajstić information content (AvgIpc) is 2.26. The van der Waals surface area contributed by atoms with E-state index in [9.17, 15) is 0 Å². The van der Waals surface area contributed by atoms with Gasteiger partial charge in [0.1, 0.15) is 11.9 Å². The zero-order chi connectivity index (χ0) is 11.3. The Labute approximate surface area is 89.7 Å². The Morgan fingerprint density at radius 3 is 2.33 bits per heavy atom. The Hall–Kier alpha value is -1.71. The molecule has 0 spiro atoms. The fourth-order valence-electron chi connectivity index (χ4n) is 0.977. The summed E-state index contributed by atoms with van der Waals surface area (Å²) in [6.45, 7) is 3.79. The molecule has 0 aliphatic rings. The van der Waals surface area contributed by atoms with Gasteiger partial charge in [-0.05, 0) is 38.1 Å². The number of hydrogen-bond acceptors (Lipinski definition) is 3. The predicted octanol–water partition coefficient (Wildman–Crippen LogP) is 1.74. The van der Waals surface area contributed by atoms with Crippen molar-refractivity contribution in [1.29, 1.82) is 0 Å². The molecule has 0 radical (unpaired) electrons. The lowest BCUT2D eigenvalue weighted by Gasteiger charge is -2.05. The molecule has 1 aromatic carbocycles. The van der Waals surface area contributed by atoms with Crippen molar-refractivity contribution in [2.75, 3.05) is 7.11 Å². The second-order valence-corrected chi connectivity index (χ2v) is 3.36. The van der Waals surface area contributed by atoms with Gasteiger partial charge in [-0.1, -0.05) is 5.16 Å². The molecule has 1 aromatic rings. The van der Waals surface area contributed by atoms with Crippen molar-refractivity contribution in [3.8, 4) is 5.75 Å². The molecule has 0 saturated heterocycles. The number of nitrogens with zero attached hydrogens (tertiary/aromatic N) is 1. The van der Waals surface area contributed by atoms with E-state index in [1.807, 2.05) is 38.1 Å². The molecule has 0 bridgehead atoms. The Morgan fingerprint density at radius 2 is 1.87 bits per heavy atom. The molecule has 0 saturated carbocycles. The minimum atomic E-state index is 0.0294. The molecule has 0 aromatic heterocycles. The molecule has 0 fully saturated rings. The third-order valence-corrected chi connectivity index (χ3v) is 1.75. The molecule has 4 nitrogen and oxygen atoms in total. The summed E-state index contributed by atoms with van der Waals surface area (Å²) in [5, 5.41) is 3.80. The highest BCUT2D eigenvalue weighted by Gasteiger charge is 2.00. The van der Waals surface area contributed by atoms with Crippen LogP contribution in [0, 0.1) is 0 Å². The van der Waals surface area contributed by atoms with Crippen LogP contribution in [-0.2, 0) is 4.84 Å². The SMILES string of the molecule is COc1ccc(/C(N)=N/OC(C)C)cc1. The van der Waals surface area contributed by atoms with E-state index in [2.05, 4.69) is 5.16 Å². The maximum Gasteiger partial charge on any atom is 0.170 e. The van der Waals surface area contributed by atoms with Crippen LogP contribution >= 0.6 is 0 Å². The van der Waals surface area contributed by atoms with Crippen molar-refractivity contribution in [3.63, 3.8) is 0 Å². The van der Waals surface area contributed by atoms with Crippen molar-refractivity contribution >= 4 is 5.84 Å². The van der Waals surface area contributed by atoms with Gasteiger partial charge in [0.05, 0.1) is 7.11 Å². The third-order valence-electron chi connectivity index (χ3n) is 1.75. The van der Waals surface area contributed by atoms with E-state index in [4.69, 9.17) is 15.3 Å². The van der Waals surface area contributed by atoms with Crippen molar-refractivity contribution in [1.82, 2.24) is 0 Å². The summed E-state index contributed by atoms with van der Waals surface area (Å²) >= 11 is 0. The van der Waals surface area contributed by atoms with E-state index in [0.717, 1.165) is 11.3 Å². The summed E-state index contributed by atoms with van der Waals surface area (Å²) < 4.78 is 5.04. The Morgan fingerprint density at radius 1 is 1.27 bits per heavy atom. The van der Waals surface area contributed by atoms with Crippen LogP contribution in [0.4, 0.5) is 0 Å². The smallest absolute Gasteiger partial charge is 0.170 e. The van der Waals surface area contributed by atoms with Crippen LogP contribution in [0.5, 0.6) is 5.75 Å². The molecular weight excluding hydrogens is 192 g/mol. The zero-order valence-corrected chi connectivity index (χ0v) is 9.23. The normalized spacial score (nSPS) is 11.6. The van der Waals surface area contributed by atoms with Crippen LogP contribution < -0.4 is 10.5 Å². The van der Waals surface area contributed by atoms with Gasteiger partial charge in [0.15, 0.2) is 5.84 Å². The summed E-state index contributed by atoms with van der Waals surface area (Å²) in [6.07, 6.45) is 0.0294. The number of oxime groups is 1. The Kier molecular flexibility index (Phi) is 3.97. The molecule has 0 amide bonds. The molecule has 0 aliphatic carbocycles. The highest BCUT2D eigenvalue weighted by atomic mass is 16.6. The number of rotatable bonds is 4. The maximum atomic E-state index is 5.72. The van der Waals surface area contributed by atoms with Crippen LogP contribution in [0.15, 0.2) is 29.4 Å². The fraction of sp³-hybridized carbons (Fsp3) is 0.364. The van der Waals surface area contributed by atoms with Crippen molar-refractivity contribution in [2.45, 2.75) is 20.0 Å². The molecule has 0 heterocycles. The molecule has 2 N–H and O–H groups in total. The lowest BCUT2D eigenvalue weighted by atomic mass is 10.2. The van der Waals surface area contributed by atoms with Crippen LogP contribution in [0.3, 0.4) is 0 Å². The first-order valence-corrected chi connectivity index (χ1v) is 4.77. The van der Waals surface area contributed by atoms with E-state index < -0.39 is 0 Å². The summed E-state index contributed by atoms with van der Waals surface area (Å²) in [6, 6.07) is 7.32. The van der Waals surface area contributed by atoms with Crippen LogP contribution in [0.1, 0.15) is 19.4 Å². The zero-order valence-electron chi connectivity index (χ0n) is 9.23. The van der Waals surface area contributed by atoms with Crippen molar-refractivity contribution in [3.05, 3.63) is 29.8 Å². The maximum absolute atomic E-state index is 5.72. The summed E-state index contributed by atoms with van der Waals surface area (Å²) in [5.41, 5.74) is 6.54. The highest BCUT2D eigenvalue weighted by Crippen LogP contribution is 2.11. The molecule has 82 valence electrons. The number of nitrogens with two attached hydrogens (primary N) is 1. The minimum Gasteiger partial charge on any atom is -0.497 e. The predicted molar refractivity (Wildman–Crippen MR) is 59.9 cm³/mol. The Balaban J connectivity index is 2.73. The molecule has 15 heavy (non-hydrogen) atoms. The van der Waals surface area contributed by atoms with E-state index in [1.54, 1.807) is 7.11 Å². The van der Waals surface area contributed by atoms with Gasteiger partial charge in [-0.3, -0.25) is 0 Å². The van der Waals surface area contributed by atoms with Gasteiger partial charge in [0, 0.05) is 5.56 Å². The first-order chi connectivity index (χ1) is 7.13. The second kappa shape index (κ2) is 5.24. The van der Waals surface area contributed by atoms with Gasteiger partial charge in [-0.15, -0.1) is 0 Å². The molecule has 0 aliphatic heterocycles. The monoisotopic (exact) mass is 208 g/mol. The largest absolute Gasteiger partial charge is 0.497 e. The van der Waals surface area contributed by atoms with Gasteiger partial charge in [0.2, 0.25) is 0 Å². The number of ether oxygens (including phenoxy) is 1. The number of methoxy groups -OCH3 is 1. The highest BCUT2D eigenvalue weighted by molar-refractivity contribution is 5.97. The molecule has 4 heteroatoms. The standard InChI is InChI=1S/C11H16N2O2/c1-8(2)15-13-11(12)9-4-6-10(14-3)7-5-9/h4-8H,1-3H3,(H2,12,13). The Bertz CT molecular complexity index is 331. The van der Waals surface area contributed by atoms with Gasteiger partial charge >= 0.3 is 0 Å². The fourth-order valence-corrected chi connectivity index (χ4v) is 0.977. The van der Waals surface area contributed by atoms with Gasteiger partial charge in [-0.2, -0.15) is 0 Å². The molecular formula is C11H16N2O2. The first kappa shape index (κ1) is 11.4. The average molecular weight is 208 g/mol. The summed E-state index contributed by atoms with van der Waals surface area (Å²) in [5.74, 6) is 1.16. The van der Waals surface area contributed by atoms with Crippen LogP contribution in [0.2, 0.25) is 0 Å². The quantitative estimate of drug-likeness (QED) is 0.466. The molecule has 1 rings (SSSR count). The first-order valence-electron chi connectivity index (χ1n) is 4.77. The lowest BCUT2D eigenvalue weighted by Crippen LogP contribution is -2.14. The number of hydrogen-bond donors (Lipinski definition) is 1. The lowest BCUT2D eigenvalue weighted by molar-refractivity contribution is 0.0858. The summed E-state index contributed by atoms with van der Waals surface area (Å²) in [7, 11) is 1.62. The topological polar surface area (TPSA) is 56.8 Å². The van der Waals surface area contributed by atoms with E-state index >= 15 is 0 Å². The second-order valence-electron chi connectivity index (χ2n) is 3.36. The van der Waals surface area contributed by atoms with Gasteiger partial charge < -0.3 is 15.3 Å². The minimum absolute atomic E-state index is 0.0294. The number of amidine groups is 1. The van der Waals surface area contributed by atoms with Gasteiger partial charge in [-0.25, -0.2) is 0 Å². The summed E-state index contributed by atoms with van der Waals surface area (Å²) in [4.78, 5) is 5.05. The number of benzene rings is 1.